The molecular weight excluding hydrogens is 408 g/mol. The Bertz CT molecular complexity index is 1340. The highest BCUT2D eigenvalue weighted by molar-refractivity contribution is 5.94. The zero-order valence-corrected chi connectivity index (χ0v) is 19.7. The van der Waals surface area contributed by atoms with Crippen LogP contribution in [-0.2, 0) is 6.54 Å². The highest BCUT2D eigenvalue weighted by Gasteiger charge is 2.15. The fourth-order valence-electron chi connectivity index (χ4n) is 4.11. The molecule has 1 N–H and O–H groups in total. The van der Waals surface area contributed by atoms with Gasteiger partial charge in [0.25, 0.3) is 0 Å². The summed E-state index contributed by atoms with van der Waals surface area (Å²) in [7, 11) is 4.13. The van der Waals surface area contributed by atoms with Gasteiger partial charge in [-0.05, 0) is 63.7 Å². The van der Waals surface area contributed by atoms with Crippen LogP contribution in [0.15, 0.2) is 54.7 Å². The van der Waals surface area contributed by atoms with Crippen molar-refractivity contribution >= 4 is 16.6 Å². The van der Waals surface area contributed by atoms with Crippen molar-refractivity contribution in [2.75, 3.05) is 19.4 Å². The second kappa shape index (κ2) is 9.35. The lowest BCUT2D eigenvalue weighted by molar-refractivity contribution is 0.402. The largest absolute Gasteiger partial charge is 0.362 e. The second-order valence-electron chi connectivity index (χ2n) is 8.68. The average molecular weight is 437 g/mol. The maximum absolute atomic E-state index is 9.38. The first-order chi connectivity index (χ1) is 15.9. The molecule has 4 rings (SSSR count). The van der Waals surface area contributed by atoms with E-state index in [-0.39, 0.29) is 6.04 Å². The number of aryl methyl sites for hydroxylation is 1. The Hall–Kier alpha value is -3.82. The molecule has 33 heavy (non-hydrogen) atoms. The number of pyridine rings is 1. The maximum Gasteiger partial charge on any atom is 0.157 e. The van der Waals surface area contributed by atoms with Gasteiger partial charge in [-0.25, -0.2) is 0 Å². The summed E-state index contributed by atoms with van der Waals surface area (Å²) in [5.74, 6) is 0.706. The van der Waals surface area contributed by atoms with Crippen molar-refractivity contribution in [1.29, 1.82) is 5.26 Å². The Labute approximate surface area is 194 Å². The third-order valence-corrected chi connectivity index (χ3v) is 5.91. The van der Waals surface area contributed by atoms with Gasteiger partial charge in [-0.3, -0.25) is 4.98 Å². The molecule has 0 saturated carbocycles. The number of nitriles is 1. The van der Waals surface area contributed by atoms with Crippen LogP contribution in [0.3, 0.4) is 0 Å². The van der Waals surface area contributed by atoms with Crippen molar-refractivity contribution in [3.63, 3.8) is 0 Å². The van der Waals surface area contributed by atoms with Gasteiger partial charge in [-0.2, -0.15) is 10.4 Å². The van der Waals surface area contributed by atoms with Crippen molar-refractivity contribution in [3.8, 4) is 17.3 Å². The zero-order valence-electron chi connectivity index (χ0n) is 19.7. The van der Waals surface area contributed by atoms with Crippen LogP contribution >= 0.6 is 0 Å². The summed E-state index contributed by atoms with van der Waals surface area (Å²) < 4.78 is 0. The second-order valence-corrected chi connectivity index (χ2v) is 8.68. The van der Waals surface area contributed by atoms with Crippen molar-refractivity contribution in [2.24, 2.45) is 0 Å². The van der Waals surface area contributed by atoms with E-state index in [2.05, 4.69) is 77.8 Å². The Kier molecular flexibility index (Phi) is 6.34. The molecule has 1 atom stereocenters. The smallest absolute Gasteiger partial charge is 0.157 e. The average Bonchev–Trinajstić information content (AvgIpc) is 2.81. The number of hydrogen-bond donors (Lipinski definition) is 1. The highest BCUT2D eigenvalue weighted by Crippen LogP contribution is 2.30. The van der Waals surface area contributed by atoms with Crippen molar-refractivity contribution in [2.45, 2.75) is 33.4 Å². The first kappa shape index (κ1) is 22.4. The summed E-state index contributed by atoms with van der Waals surface area (Å²) in [5.41, 5.74) is 6.78. The minimum absolute atomic E-state index is 0.0413. The van der Waals surface area contributed by atoms with Gasteiger partial charge in [-0.1, -0.05) is 36.4 Å². The normalized spacial score (nSPS) is 12.0. The first-order valence-corrected chi connectivity index (χ1v) is 11.0. The molecule has 0 aliphatic carbocycles. The van der Waals surface area contributed by atoms with Gasteiger partial charge in [0.05, 0.1) is 29.1 Å². The van der Waals surface area contributed by atoms with E-state index in [1.807, 2.05) is 38.2 Å². The number of rotatable bonds is 6. The number of anilines is 1. The van der Waals surface area contributed by atoms with E-state index >= 15 is 0 Å². The molecule has 0 radical (unpaired) electrons. The van der Waals surface area contributed by atoms with Crippen LogP contribution in [0.4, 0.5) is 5.82 Å². The molecule has 0 bridgehead atoms. The molecular formula is C27H28N6. The lowest BCUT2D eigenvalue weighted by atomic mass is 9.98. The van der Waals surface area contributed by atoms with E-state index < -0.39 is 0 Å². The molecule has 0 fully saturated rings. The SMILES string of the molecule is Cc1c(C#N)cccc1[C@@H](C)Nc1nnc(C)c2cnc(-c3ccc(CN(C)C)cc3)cc12. The molecule has 0 amide bonds. The van der Waals surface area contributed by atoms with Crippen LogP contribution < -0.4 is 5.32 Å². The molecule has 0 saturated heterocycles. The number of aromatic nitrogens is 3. The molecule has 0 unspecified atom stereocenters. The minimum Gasteiger partial charge on any atom is -0.362 e. The Balaban J connectivity index is 1.71. The van der Waals surface area contributed by atoms with E-state index in [9.17, 15) is 5.26 Å². The lowest BCUT2D eigenvalue weighted by Gasteiger charge is -2.19. The van der Waals surface area contributed by atoms with Gasteiger partial charge >= 0.3 is 0 Å². The van der Waals surface area contributed by atoms with Crippen LogP contribution in [0, 0.1) is 25.2 Å². The van der Waals surface area contributed by atoms with Crippen LogP contribution in [-0.4, -0.2) is 34.2 Å². The highest BCUT2D eigenvalue weighted by atomic mass is 15.2. The van der Waals surface area contributed by atoms with E-state index in [4.69, 9.17) is 4.98 Å². The van der Waals surface area contributed by atoms with Gasteiger partial charge < -0.3 is 10.2 Å². The number of nitrogens with one attached hydrogen (secondary N) is 1. The molecule has 4 aromatic rings. The third kappa shape index (κ3) is 4.69. The molecule has 2 aromatic carbocycles. The summed E-state index contributed by atoms with van der Waals surface area (Å²) in [6, 6.07) is 18.6. The Morgan fingerprint density at radius 3 is 2.48 bits per heavy atom. The van der Waals surface area contributed by atoms with Gasteiger partial charge in [0, 0.05) is 29.1 Å². The summed E-state index contributed by atoms with van der Waals surface area (Å²) in [6.45, 7) is 6.90. The van der Waals surface area contributed by atoms with Crippen LogP contribution in [0.1, 0.15) is 40.9 Å². The number of benzene rings is 2. The van der Waals surface area contributed by atoms with E-state index in [0.717, 1.165) is 45.4 Å². The third-order valence-electron chi connectivity index (χ3n) is 5.91. The van der Waals surface area contributed by atoms with Gasteiger partial charge in [-0.15, -0.1) is 5.10 Å². The van der Waals surface area contributed by atoms with Crippen LogP contribution in [0.5, 0.6) is 0 Å². The van der Waals surface area contributed by atoms with Gasteiger partial charge in [0.15, 0.2) is 5.82 Å². The number of hydrogen-bond acceptors (Lipinski definition) is 6. The van der Waals surface area contributed by atoms with Crippen LogP contribution in [0.25, 0.3) is 22.0 Å². The number of fused-ring (bicyclic) bond motifs is 1. The van der Waals surface area contributed by atoms with Gasteiger partial charge in [0.1, 0.15) is 0 Å². The first-order valence-electron chi connectivity index (χ1n) is 11.0. The topological polar surface area (TPSA) is 77.7 Å². The van der Waals surface area contributed by atoms with Crippen LogP contribution in [0.2, 0.25) is 0 Å². The molecule has 0 spiro atoms. The Morgan fingerprint density at radius 2 is 1.79 bits per heavy atom. The number of nitrogens with zero attached hydrogens (tertiary/aromatic N) is 5. The van der Waals surface area contributed by atoms with E-state index in [0.29, 0.717) is 11.4 Å². The quantitative estimate of drug-likeness (QED) is 0.435. The summed E-state index contributed by atoms with van der Waals surface area (Å²) in [6.07, 6.45) is 1.87. The fraction of sp³-hybridized carbons (Fsp3) is 0.259. The van der Waals surface area contributed by atoms with Crippen molar-refractivity contribution < 1.29 is 0 Å². The predicted octanol–water partition coefficient (Wildman–Crippen LogP) is 5.42. The van der Waals surface area contributed by atoms with Gasteiger partial charge in [0.2, 0.25) is 0 Å². The fourth-order valence-corrected chi connectivity index (χ4v) is 4.11. The lowest BCUT2D eigenvalue weighted by Crippen LogP contribution is -2.11. The zero-order chi connectivity index (χ0) is 23.5. The summed E-state index contributed by atoms with van der Waals surface area (Å²) >= 11 is 0. The maximum atomic E-state index is 9.38. The van der Waals surface area contributed by atoms with Crippen molar-refractivity contribution in [1.82, 2.24) is 20.1 Å². The molecule has 2 aromatic heterocycles. The van der Waals surface area contributed by atoms with E-state index in [1.165, 1.54) is 5.56 Å². The minimum atomic E-state index is -0.0413. The standard InChI is InChI=1S/C27H28N6/c1-17-22(14-28)7-6-8-23(17)18(2)30-27-24-13-26(29-15-25(24)19(3)31-32-27)21-11-9-20(10-12-21)16-33(4)5/h6-13,15,18H,16H2,1-5H3,(H,30,32)/t18-/m1/s1. The molecule has 6 heteroatoms. The van der Waals surface area contributed by atoms with Crippen molar-refractivity contribution in [3.05, 3.63) is 82.7 Å². The molecule has 0 aliphatic heterocycles. The van der Waals surface area contributed by atoms with E-state index in [1.54, 1.807) is 0 Å². The molecule has 166 valence electrons. The molecule has 2 heterocycles. The molecule has 0 aliphatic rings. The predicted molar refractivity (Wildman–Crippen MR) is 133 cm³/mol. The monoisotopic (exact) mass is 436 g/mol. The summed E-state index contributed by atoms with van der Waals surface area (Å²) in [4.78, 5) is 6.85. The summed E-state index contributed by atoms with van der Waals surface area (Å²) in [5, 5.41) is 23.7. The Morgan fingerprint density at radius 1 is 1.03 bits per heavy atom. The molecule has 6 nitrogen and oxygen atoms in total.